The SMILES string of the molecule is COC(=O)c1cc(CN)n(C)n1.Cl. The summed E-state index contributed by atoms with van der Waals surface area (Å²) >= 11 is 0. The van der Waals surface area contributed by atoms with E-state index in [1.54, 1.807) is 17.8 Å². The van der Waals surface area contributed by atoms with Gasteiger partial charge in [-0.1, -0.05) is 0 Å². The van der Waals surface area contributed by atoms with E-state index in [0.717, 1.165) is 5.69 Å². The molecule has 2 N–H and O–H groups in total. The van der Waals surface area contributed by atoms with Crippen LogP contribution in [0.2, 0.25) is 0 Å². The third-order valence-electron chi connectivity index (χ3n) is 1.58. The summed E-state index contributed by atoms with van der Waals surface area (Å²) < 4.78 is 6.06. The van der Waals surface area contributed by atoms with Gasteiger partial charge in [0.1, 0.15) is 0 Å². The molecule has 0 saturated carbocycles. The van der Waals surface area contributed by atoms with E-state index in [-0.39, 0.29) is 12.4 Å². The maximum Gasteiger partial charge on any atom is 0.358 e. The number of hydrogen-bond acceptors (Lipinski definition) is 4. The number of hydrogen-bond donors (Lipinski definition) is 1. The average molecular weight is 206 g/mol. The summed E-state index contributed by atoms with van der Waals surface area (Å²) in [6.45, 7) is 0.362. The number of halogens is 1. The van der Waals surface area contributed by atoms with Crippen LogP contribution in [0.1, 0.15) is 16.2 Å². The highest BCUT2D eigenvalue weighted by Crippen LogP contribution is 2.02. The molecule has 13 heavy (non-hydrogen) atoms. The van der Waals surface area contributed by atoms with E-state index < -0.39 is 5.97 Å². The van der Waals surface area contributed by atoms with Gasteiger partial charge in [-0.25, -0.2) is 4.79 Å². The number of aryl methyl sites for hydroxylation is 1. The maximum atomic E-state index is 11.0. The second-order valence-electron chi connectivity index (χ2n) is 2.34. The molecule has 0 amide bonds. The molecule has 0 radical (unpaired) electrons. The van der Waals surface area contributed by atoms with Crippen molar-refractivity contribution in [1.82, 2.24) is 9.78 Å². The molecule has 1 aromatic heterocycles. The minimum absolute atomic E-state index is 0. The Bertz CT molecular complexity index is 298. The van der Waals surface area contributed by atoms with Crippen LogP contribution in [0.15, 0.2) is 6.07 Å². The number of aromatic nitrogens is 2. The highest BCUT2D eigenvalue weighted by molar-refractivity contribution is 5.87. The van der Waals surface area contributed by atoms with Gasteiger partial charge in [0.25, 0.3) is 0 Å². The Morgan fingerprint density at radius 1 is 1.77 bits per heavy atom. The third kappa shape index (κ3) is 2.43. The molecule has 0 aromatic carbocycles. The topological polar surface area (TPSA) is 70.1 Å². The van der Waals surface area contributed by atoms with Crippen molar-refractivity contribution in [2.75, 3.05) is 7.11 Å². The summed E-state index contributed by atoms with van der Waals surface area (Å²) in [4.78, 5) is 11.0. The molecule has 1 aromatic rings. The molecule has 0 aliphatic carbocycles. The largest absolute Gasteiger partial charge is 0.464 e. The molecular formula is C7H12ClN3O2. The van der Waals surface area contributed by atoms with Crippen LogP contribution >= 0.6 is 12.4 Å². The van der Waals surface area contributed by atoms with Crippen molar-refractivity contribution < 1.29 is 9.53 Å². The van der Waals surface area contributed by atoms with Gasteiger partial charge >= 0.3 is 5.97 Å². The molecule has 0 unspecified atom stereocenters. The Morgan fingerprint density at radius 3 is 2.77 bits per heavy atom. The second-order valence-corrected chi connectivity index (χ2v) is 2.34. The number of ether oxygens (including phenoxy) is 1. The zero-order valence-electron chi connectivity index (χ0n) is 7.48. The Morgan fingerprint density at radius 2 is 2.38 bits per heavy atom. The first-order chi connectivity index (χ1) is 5.69. The molecule has 0 bridgehead atoms. The van der Waals surface area contributed by atoms with Crippen molar-refractivity contribution in [3.05, 3.63) is 17.5 Å². The minimum Gasteiger partial charge on any atom is -0.464 e. The quantitative estimate of drug-likeness (QED) is 0.695. The fourth-order valence-corrected chi connectivity index (χ4v) is 0.901. The average Bonchev–Trinajstić information content (AvgIpc) is 2.45. The van der Waals surface area contributed by atoms with Gasteiger partial charge in [0.05, 0.1) is 12.8 Å². The molecule has 0 fully saturated rings. The predicted octanol–water partition coefficient (Wildman–Crippen LogP) is 0.0872. The molecule has 0 aliphatic heterocycles. The molecule has 0 atom stereocenters. The summed E-state index contributed by atoms with van der Waals surface area (Å²) in [6, 6.07) is 1.62. The summed E-state index contributed by atoms with van der Waals surface area (Å²) in [5.74, 6) is -0.440. The molecular weight excluding hydrogens is 194 g/mol. The first-order valence-corrected chi connectivity index (χ1v) is 3.50. The van der Waals surface area contributed by atoms with Crippen LogP contribution in [0.25, 0.3) is 0 Å². The van der Waals surface area contributed by atoms with Gasteiger partial charge in [-0.3, -0.25) is 4.68 Å². The standard InChI is InChI=1S/C7H11N3O2.ClH/c1-10-5(4-8)3-6(9-10)7(11)12-2;/h3H,4,8H2,1-2H3;1H. The lowest BCUT2D eigenvalue weighted by molar-refractivity contribution is 0.0593. The van der Waals surface area contributed by atoms with Crippen molar-refractivity contribution in [2.45, 2.75) is 6.54 Å². The van der Waals surface area contributed by atoms with Crippen molar-refractivity contribution in [2.24, 2.45) is 12.8 Å². The van der Waals surface area contributed by atoms with E-state index in [9.17, 15) is 4.79 Å². The number of carbonyl (C=O) groups is 1. The zero-order valence-corrected chi connectivity index (χ0v) is 8.30. The van der Waals surface area contributed by atoms with E-state index in [4.69, 9.17) is 5.73 Å². The fraction of sp³-hybridized carbons (Fsp3) is 0.429. The first kappa shape index (κ1) is 11.9. The monoisotopic (exact) mass is 205 g/mol. The fourth-order valence-electron chi connectivity index (χ4n) is 0.901. The summed E-state index contributed by atoms with van der Waals surface area (Å²) in [6.07, 6.45) is 0. The summed E-state index contributed by atoms with van der Waals surface area (Å²) in [7, 11) is 3.05. The van der Waals surface area contributed by atoms with Crippen molar-refractivity contribution >= 4 is 18.4 Å². The smallest absolute Gasteiger partial charge is 0.358 e. The van der Waals surface area contributed by atoms with Crippen LogP contribution in [0, 0.1) is 0 Å². The van der Waals surface area contributed by atoms with Gasteiger partial charge in [-0.2, -0.15) is 5.10 Å². The molecule has 0 spiro atoms. The number of nitrogens with two attached hydrogens (primary N) is 1. The van der Waals surface area contributed by atoms with E-state index in [1.807, 2.05) is 0 Å². The van der Waals surface area contributed by atoms with E-state index >= 15 is 0 Å². The molecule has 6 heteroatoms. The zero-order chi connectivity index (χ0) is 9.14. The third-order valence-corrected chi connectivity index (χ3v) is 1.58. The van der Waals surface area contributed by atoms with Crippen molar-refractivity contribution in [1.29, 1.82) is 0 Å². The van der Waals surface area contributed by atoms with E-state index in [1.165, 1.54) is 7.11 Å². The molecule has 74 valence electrons. The van der Waals surface area contributed by atoms with Gasteiger partial charge in [-0.15, -0.1) is 12.4 Å². The van der Waals surface area contributed by atoms with Crippen molar-refractivity contribution in [3.63, 3.8) is 0 Å². The predicted molar refractivity (Wildman–Crippen MR) is 49.7 cm³/mol. The lowest BCUT2D eigenvalue weighted by Crippen LogP contribution is -2.04. The van der Waals surface area contributed by atoms with Crippen LogP contribution in [0.4, 0.5) is 0 Å². The Balaban J connectivity index is 0.00000144. The normalized spacial score (nSPS) is 9.15. The highest BCUT2D eigenvalue weighted by atomic mass is 35.5. The Labute approximate surface area is 82.3 Å². The van der Waals surface area contributed by atoms with Crippen LogP contribution in [-0.2, 0) is 18.3 Å². The van der Waals surface area contributed by atoms with Gasteiger partial charge in [0, 0.05) is 13.6 Å². The lowest BCUT2D eigenvalue weighted by atomic mass is 10.3. The van der Waals surface area contributed by atoms with E-state index in [2.05, 4.69) is 9.84 Å². The van der Waals surface area contributed by atoms with Crippen LogP contribution in [-0.4, -0.2) is 22.9 Å². The molecule has 0 aliphatic rings. The van der Waals surface area contributed by atoms with Gasteiger partial charge in [-0.05, 0) is 6.07 Å². The van der Waals surface area contributed by atoms with Crippen LogP contribution in [0.3, 0.4) is 0 Å². The lowest BCUT2D eigenvalue weighted by Gasteiger charge is -1.93. The highest BCUT2D eigenvalue weighted by Gasteiger charge is 2.11. The van der Waals surface area contributed by atoms with Gasteiger partial charge in [0.15, 0.2) is 5.69 Å². The minimum atomic E-state index is -0.440. The molecule has 1 heterocycles. The summed E-state index contributed by atoms with van der Waals surface area (Å²) in [5.41, 5.74) is 6.49. The van der Waals surface area contributed by atoms with Crippen LogP contribution in [0.5, 0.6) is 0 Å². The Hall–Kier alpha value is -1.07. The first-order valence-electron chi connectivity index (χ1n) is 3.50. The number of methoxy groups -OCH3 is 1. The maximum absolute atomic E-state index is 11.0. The molecule has 0 saturated heterocycles. The second kappa shape index (κ2) is 4.84. The van der Waals surface area contributed by atoms with Crippen molar-refractivity contribution in [3.8, 4) is 0 Å². The number of carbonyl (C=O) groups excluding carboxylic acids is 1. The number of rotatable bonds is 2. The number of esters is 1. The summed E-state index contributed by atoms with van der Waals surface area (Å²) in [5, 5.41) is 3.91. The molecule has 5 nitrogen and oxygen atoms in total. The van der Waals surface area contributed by atoms with E-state index in [0.29, 0.717) is 12.2 Å². The van der Waals surface area contributed by atoms with Gasteiger partial charge in [0.2, 0.25) is 0 Å². The van der Waals surface area contributed by atoms with Gasteiger partial charge < -0.3 is 10.5 Å². The number of nitrogens with zero attached hydrogens (tertiary/aromatic N) is 2. The molecule has 1 rings (SSSR count). The van der Waals surface area contributed by atoms with Crippen LogP contribution < -0.4 is 5.73 Å². The Kier molecular flexibility index (Phi) is 4.44.